The Bertz CT molecular complexity index is 3180. The fourth-order valence-corrected chi connectivity index (χ4v) is 9.63. The summed E-state index contributed by atoms with van der Waals surface area (Å²) in [6, 6.07) is 51.5. The average Bonchev–Trinajstić information content (AvgIpc) is 3.59. The minimum Gasteiger partial charge on any atom is -0.308 e. The molecule has 10 rings (SSSR count). The quantitative estimate of drug-likeness (QED) is 0.161. The summed E-state index contributed by atoms with van der Waals surface area (Å²) in [5, 5.41) is 2.14. The second-order valence-electron chi connectivity index (χ2n) is 16.7. The fourth-order valence-electron chi connectivity index (χ4n) is 9.63. The Morgan fingerprint density at radius 2 is 0.778 bits per heavy atom. The highest BCUT2D eigenvalue weighted by Crippen LogP contribution is 2.43. The minimum absolute atomic E-state index is 0.117. The monoisotopic (exact) mass is 822 g/mol. The molecule has 0 amide bonds. The van der Waals surface area contributed by atoms with Crippen LogP contribution in [-0.2, 0) is 0 Å². The Hall–Kier alpha value is -7.57. The molecule has 0 unspecified atom stereocenters. The van der Waals surface area contributed by atoms with Crippen LogP contribution in [0.1, 0.15) is 33.4 Å². The Morgan fingerprint density at radius 3 is 1.24 bits per heavy atom. The van der Waals surface area contributed by atoms with Gasteiger partial charge in [-0.2, -0.15) is 0 Å². The molecule has 306 valence electrons. The molecule has 0 saturated heterocycles. The average molecular weight is 823 g/mol. The third kappa shape index (κ3) is 7.07. The first-order valence-corrected chi connectivity index (χ1v) is 21.2. The Balaban J connectivity index is 1.34. The lowest BCUT2D eigenvalue weighted by Gasteiger charge is -2.18. The standard InChI is InChI=1S/C57H44F2N4/c1-33-26-35(3)52(36(4)27-33)42-20-23-44-45-24-21-43(53-37(5)28-34(2)29-38(53)6)32-51(45)63(50(44)31-42)49-25-22-41(54-47(58)18-13-19-48(54)59)30-46(49)57-61-55(39-14-9-7-10-15-39)60-56(62-57)40-16-11-8-12-17-40/h7-32H,1-6H3. The van der Waals surface area contributed by atoms with Crippen molar-refractivity contribution in [2.24, 2.45) is 0 Å². The van der Waals surface area contributed by atoms with Crippen molar-refractivity contribution >= 4 is 21.8 Å². The van der Waals surface area contributed by atoms with Crippen LogP contribution in [0.25, 0.3) is 95.0 Å². The van der Waals surface area contributed by atoms with Gasteiger partial charge in [0, 0.05) is 27.5 Å². The van der Waals surface area contributed by atoms with Crippen molar-refractivity contribution in [2.75, 3.05) is 0 Å². The molecule has 10 aromatic rings. The Labute approximate surface area is 366 Å². The van der Waals surface area contributed by atoms with Gasteiger partial charge in [-0.3, -0.25) is 0 Å². The Morgan fingerprint density at radius 1 is 0.365 bits per heavy atom. The summed E-state index contributed by atoms with van der Waals surface area (Å²) < 4.78 is 33.8. The third-order valence-corrected chi connectivity index (χ3v) is 12.1. The van der Waals surface area contributed by atoms with Gasteiger partial charge >= 0.3 is 0 Å². The summed E-state index contributed by atoms with van der Waals surface area (Å²) in [4.78, 5) is 15.3. The largest absolute Gasteiger partial charge is 0.308 e. The molecule has 0 saturated carbocycles. The molecule has 63 heavy (non-hydrogen) atoms. The van der Waals surface area contributed by atoms with Crippen molar-refractivity contribution in [3.05, 3.63) is 203 Å². The smallest absolute Gasteiger partial charge is 0.166 e. The predicted molar refractivity (Wildman–Crippen MR) is 255 cm³/mol. The summed E-state index contributed by atoms with van der Waals surface area (Å²) in [5.41, 5.74) is 17.0. The molecule has 0 bridgehead atoms. The number of rotatable bonds is 7. The minimum atomic E-state index is -0.655. The number of aryl methyl sites for hydroxylation is 6. The zero-order valence-corrected chi connectivity index (χ0v) is 36.1. The van der Waals surface area contributed by atoms with Crippen molar-refractivity contribution in [3.63, 3.8) is 0 Å². The van der Waals surface area contributed by atoms with Crippen molar-refractivity contribution in [2.45, 2.75) is 41.5 Å². The molecule has 0 aliphatic carbocycles. The SMILES string of the molecule is Cc1cc(C)c(-c2ccc3c4ccc(-c5c(C)cc(C)cc5C)cc4n(-c4ccc(-c5c(F)cccc5F)cc4-c4nc(-c5ccccc5)nc(-c5ccccc5)n4)c3c2)c(C)c1. The molecule has 0 atom stereocenters. The van der Waals surface area contributed by atoms with Crippen LogP contribution in [0, 0.1) is 53.2 Å². The van der Waals surface area contributed by atoms with Crippen LogP contribution in [0.4, 0.5) is 8.78 Å². The van der Waals surface area contributed by atoms with E-state index in [1.54, 1.807) is 6.07 Å². The molecule has 8 aromatic carbocycles. The number of benzene rings is 8. The molecule has 0 N–H and O–H groups in total. The normalized spacial score (nSPS) is 11.5. The van der Waals surface area contributed by atoms with Crippen LogP contribution in [-0.4, -0.2) is 19.5 Å². The summed E-state index contributed by atoms with van der Waals surface area (Å²) >= 11 is 0. The molecule has 2 heterocycles. The highest BCUT2D eigenvalue weighted by Gasteiger charge is 2.23. The Kier molecular flexibility index (Phi) is 9.87. The van der Waals surface area contributed by atoms with Gasteiger partial charge in [0.05, 0.1) is 22.3 Å². The lowest BCUT2D eigenvalue weighted by Crippen LogP contribution is -2.04. The number of halogens is 2. The summed E-state index contributed by atoms with van der Waals surface area (Å²) in [6.45, 7) is 12.9. The summed E-state index contributed by atoms with van der Waals surface area (Å²) in [5.74, 6) is 0.0240. The molecule has 2 aromatic heterocycles. The van der Waals surface area contributed by atoms with Gasteiger partial charge in [0.2, 0.25) is 0 Å². The molecule has 0 spiro atoms. The molecule has 6 heteroatoms. The van der Waals surface area contributed by atoms with E-state index in [4.69, 9.17) is 15.0 Å². The van der Waals surface area contributed by atoms with Crippen molar-refractivity contribution in [1.29, 1.82) is 0 Å². The highest BCUT2D eigenvalue weighted by molar-refractivity contribution is 6.12. The van der Waals surface area contributed by atoms with Gasteiger partial charge in [0.15, 0.2) is 17.5 Å². The maximum atomic E-state index is 15.7. The lowest BCUT2D eigenvalue weighted by atomic mass is 9.92. The summed E-state index contributed by atoms with van der Waals surface area (Å²) in [7, 11) is 0. The van der Waals surface area contributed by atoms with Crippen molar-refractivity contribution in [3.8, 4) is 73.2 Å². The van der Waals surface area contributed by atoms with E-state index in [0.29, 0.717) is 28.6 Å². The van der Waals surface area contributed by atoms with Gasteiger partial charge in [-0.15, -0.1) is 0 Å². The van der Waals surface area contributed by atoms with E-state index in [1.807, 2.05) is 72.8 Å². The van der Waals surface area contributed by atoms with Gasteiger partial charge in [0.25, 0.3) is 0 Å². The first kappa shape index (κ1) is 39.6. The number of hydrogen-bond donors (Lipinski definition) is 0. The molecular formula is C57H44F2N4. The van der Waals surface area contributed by atoms with Gasteiger partial charge < -0.3 is 4.57 Å². The van der Waals surface area contributed by atoms with E-state index < -0.39 is 11.6 Å². The first-order chi connectivity index (χ1) is 30.5. The zero-order valence-electron chi connectivity index (χ0n) is 36.1. The van der Waals surface area contributed by atoms with Crippen LogP contribution in [0.15, 0.2) is 158 Å². The van der Waals surface area contributed by atoms with Gasteiger partial charge in [-0.25, -0.2) is 23.7 Å². The molecule has 0 aliphatic heterocycles. The van der Waals surface area contributed by atoms with E-state index in [1.165, 1.54) is 62.7 Å². The van der Waals surface area contributed by atoms with Crippen molar-refractivity contribution in [1.82, 2.24) is 19.5 Å². The van der Waals surface area contributed by atoms with Crippen LogP contribution < -0.4 is 0 Å². The van der Waals surface area contributed by atoms with E-state index in [-0.39, 0.29) is 5.56 Å². The van der Waals surface area contributed by atoms with Gasteiger partial charge in [0.1, 0.15) is 11.6 Å². The van der Waals surface area contributed by atoms with E-state index in [0.717, 1.165) is 49.7 Å². The number of nitrogens with zero attached hydrogens (tertiary/aromatic N) is 4. The molecular weight excluding hydrogens is 779 g/mol. The maximum absolute atomic E-state index is 15.7. The predicted octanol–water partition coefficient (Wildman–Crippen LogP) is 15.1. The topological polar surface area (TPSA) is 43.6 Å². The van der Waals surface area contributed by atoms with Crippen LogP contribution in [0.3, 0.4) is 0 Å². The maximum Gasteiger partial charge on any atom is 0.166 e. The van der Waals surface area contributed by atoms with Gasteiger partial charge in [-0.1, -0.05) is 132 Å². The van der Waals surface area contributed by atoms with Crippen molar-refractivity contribution < 1.29 is 8.78 Å². The van der Waals surface area contributed by atoms with Crippen LogP contribution in [0.5, 0.6) is 0 Å². The molecule has 0 radical (unpaired) electrons. The van der Waals surface area contributed by atoms with E-state index >= 15 is 8.78 Å². The van der Waals surface area contributed by atoms with Crippen LogP contribution in [0.2, 0.25) is 0 Å². The zero-order chi connectivity index (χ0) is 43.5. The highest BCUT2D eigenvalue weighted by atomic mass is 19.1. The number of hydrogen-bond acceptors (Lipinski definition) is 3. The lowest BCUT2D eigenvalue weighted by molar-refractivity contribution is 0.589. The molecule has 0 aliphatic rings. The fraction of sp³-hybridized carbons (Fsp3) is 0.105. The molecule has 0 fully saturated rings. The second kappa shape index (κ2) is 15.7. The van der Waals surface area contributed by atoms with Crippen LogP contribution >= 0.6 is 0 Å². The number of aromatic nitrogens is 4. The first-order valence-electron chi connectivity index (χ1n) is 21.2. The van der Waals surface area contributed by atoms with Gasteiger partial charge in [-0.05, 0) is 128 Å². The van der Waals surface area contributed by atoms with E-state index in [2.05, 4.69) is 107 Å². The second-order valence-corrected chi connectivity index (χ2v) is 16.7. The molecule has 4 nitrogen and oxygen atoms in total. The third-order valence-electron chi connectivity index (χ3n) is 12.1. The number of fused-ring (bicyclic) bond motifs is 3. The summed E-state index contributed by atoms with van der Waals surface area (Å²) in [6.07, 6.45) is 0. The van der Waals surface area contributed by atoms with E-state index in [9.17, 15) is 0 Å².